The molecule has 4 amide bonds. The topological polar surface area (TPSA) is 100 Å². The minimum Gasteiger partial charge on any atom is -0.444 e. The van der Waals surface area contributed by atoms with Gasteiger partial charge in [-0.05, 0) is 76.0 Å². The summed E-state index contributed by atoms with van der Waals surface area (Å²) in [5, 5.41) is 7.93. The van der Waals surface area contributed by atoms with E-state index in [0.29, 0.717) is 24.2 Å². The summed E-state index contributed by atoms with van der Waals surface area (Å²) >= 11 is 0. The van der Waals surface area contributed by atoms with Crippen LogP contribution in [-0.4, -0.2) is 82.5 Å². The number of carbonyl (C=O) groups is 3. The van der Waals surface area contributed by atoms with Gasteiger partial charge in [-0.2, -0.15) is 5.10 Å². The number of rotatable bonds is 4. The van der Waals surface area contributed by atoms with E-state index in [-0.39, 0.29) is 18.4 Å². The number of carbonyl (C=O) groups excluding carboxylic acids is 3. The quantitative estimate of drug-likeness (QED) is 0.652. The van der Waals surface area contributed by atoms with Crippen molar-refractivity contribution in [1.82, 2.24) is 24.9 Å². The molecule has 0 radical (unpaired) electrons. The van der Waals surface area contributed by atoms with E-state index >= 15 is 0 Å². The van der Waals surface area contributed by atoms with Gasteiger partial charge in [-0.15, -0.1) is 0 Å². The fraction of sp³-hybridized carbons (Fsp3) is 0.643. The normalized spacial score (nSPS) is 23.6. The number of aromatic nitrogens is 2. The number of hydrogen-bond donors (Lipinski definition) is 1. The molecule has 206 valence electrons. The molecular formula is C28H40N6O4. The lowest BCUT2D eigenvalue weighted by Crippen LogP contribution is -2.51. The summed E-state index contributed by atoms with van der Waals surface area (Å²) in [6.07, 6.45) is 4.81. The highest BCUT2D eigenvalue weighted by Crippen LogP contribution is 2.38. The number of fused-ring (bicyclic) bond motifs is 1. The third kappa shape index (κ3) is 5.80. The number of hydrogen-bond acceptors (Lipinski definition) is 6. The number of benzene rings is 1. The Bertz CT molecular complexity index is 1200. The highest BCUT2D eigenvalue weighted by molar-refractivity contribution is 6.08. The molecule has 10 nitrogen and oxygen atoms in total. The molecule has 2 aliphatic heterocycles. The number of aryl methyl sites for hydroxylation is 1. The fourth-order valence-corrected chi connectivity index (χ4v) is 5.96. The molecule has 2 saturated heterocycles. The lowest BCUT2D eigenvalue weighted by Gasteiger charge is -2.38. The largest absolute Gasteiger partial charge is 0.444 e. The Morgan fingerprint density at radius 2 is 1.76 bits per heavy atom. The maximum Gasteiger partial charge on any atom is 0.410 e. The van der Waals surface area contributed by atoms with Gasteiger partial charge in [-0.3, -0.25) is 24.6 Å². The summed E-state index contributed by atoms with van der Waals surface area (Å²) in [7, 11) is 1.90. The van der Waals surface area contributed by atoms with Gasteiger partial charge < -0.3 is 9.64 Å². The molecular weight excluding hydrogens is 484 g/mol. The maximum atomic E-state index is 12.4. The molecule has 1 aliphatic carbocycles. The van der Waals surface area contributed by atoms with Crippen molar-refractivity contribution in [2.24, 2.45) is 13.0 Å². The number of urea groups is 1. The van der Waals surface area contributed by atoms with Crippen LogP contribution in [0.25, 0.3) is 10.9 Å². The average Bonchev–Trinajstić information content (AvgIpc) is 3.19. The van der Waals surface area contributed by atoms with Gasteiger partial charge in [-0.1, -0.05) is 6.07 Å². The molecule has 3 fully saturated rings. The maximum absolute atomic E-state index is 12.4. The predicted octanol–water partition coefficient (Wildman–Crippen LogP) is 3.85. The number of amides is 4. The van der Waals surface area contributed by atoms with Crippen LogP contribution in [0, 0.1) is 5.92 Å². The SMILES string of the molecule is Cn1nc(N2CCC(=O)NC2=O)c2ccc(C3CCC(CN4CCN(C(=O)OC(C)(C)C)CC4)CC3)cc21. The number of nitrogens with zero attached hydrogens (tertiary/aromatic N) is 5. The van der Waals surface area contributed by atoms with E-state index in [0.717, 1.165) is 56.5 Å². The second-order valence-electron chi connectivity index (χ2n) is 12.0. The highest BCUT2D eigenvalue weighted by atomic mass is 16.6. The van der Waals surface area contributed by atoms with Crippen molar-refractivity contribution in [3.63, 3.8) is 0 Å². The Kier molecular flexibility index (Phi) is 7.35. The van der Waals surface area contributed by atoms with Crippen molar-refractivity contribution >= 4 is 34.8 Å². The van der Waals surface area contributed by atoms with Crippen LogP contribution in [0.5, 0.6) is 0 Å². The van der Waals surface area contributed by atoms with Gasteiger partial charge in [0.25, 0.3) is 0 Å². The summed E-state index contributed by atoms with van der Waals surface area (Å²) in [6.45, 7) is 10.4. The molecule has 1 N–H and O–H groups in total. The fourth-order valence-electron chi connectivity index (χ4n) is 5.96. The van der Waals surface area contributed by atoms with Gasteiger partial charge in [0.05, 0.1) is 5.52 Å². The van der Waals surface area contributed by atoms with Crippen molar-refractivity contribution < 1.29 is 19.1 Å². The van der Waals surface area contributed by atoms with Crippen molar-refractivity contribution in [2.75, 3.05) is 44.2 Å². The highest BCUT2D eigenvalue weighted by Gasteiger charge is 2.30. The Morgan fingerprint density at radius 1 is 1.05 bits per heavy atom. The second-order valence-corrected chi connectivity index (χ2v) is 12.0. The molecule has 0 bridgehead atoms. The summed E-state index contributed by atoms with van der Waals surface area (Å²) in [4.78, 5) is 42.1. The third-order valence-corrected chi connectivity index (χ3v) is 8.02. The number of imide groups is 1. The molecule has 0 unspecified atom stereocenters. The van der Waals surface area contributed by atoms with Crippen LogP contribution in [0.1, 0.15) is 64.4 Å². The first-order valence-electron chi connectivity index (χ1n) is 13.9. The van der Waals surface area contributed by atoms with Gasteiger partial charge in [0.1, 0.15) is 5.60 Å². The lowest BCUT2D eigenvalue weighted by atomic mass is 9.78. The average molecular weight is 525 g/mol. The lowest BCUT2D eigenvalue weighted by molar-refractivity contribution is -0.120. The van der Waals surface area contributed by atoms with Crippen LogP contribution < -0.4 is 10.2 Å². The Balaban J connectivity index is 1.14. The molecule has 0 spiro atoms. The Morgan fingerprint density at radius 3 is 2.42 bits per heavy atom. The van der Waals surface area contributed by atoms with Crippen LogP contribution in [0.2, 0.25) is 0 Å². The van der Waals surface area contributed by atoms with Gasteiger partial charge in [-0.25, -0.2) is 9.59 Å². The van der Waals surface area contributed by atoms with Crippen molar-refractivity contribution in [3.05, 3.63) is 23.8 Å². The van der Waals surface area contributed by atoms with Gasteiger partial charge >= 0.3 is 12.1 Å². The second kappa shape index (κ2) is 10.6. The van der Waals surface area contributed by atoms with Crippen molar-refractivity contribution in [3.8, 4) is 0 Å². The zero-order valence-electron chi connectivity index (χ0n) is 23.0. The summed E-state index contributed by atoms with van der Waals surface area (Å²) in [6, 6.07) is 6.07. The number of ether oxygens (including phenoxy) is 1. The molecule has 10 heteroatoms. The van der Waals surface area contributed by atoms with Crippen LogP contribution in [0.4, 0.5) is 15.4 Å². The van der Waals surface area contributed by atoms with E-state index < -0.39 is 11.6 Å². The molecule has 0 atom stereocenters. The predicted molar refractivity (Wildman–Crippen MR) is 145 cm³/mol. The third-order valence-electron chi connectivity index (χ3n) is 8.02. The molecule has 1 aromatic carbocycles. The van der Waals surface area contributed by atoms with E-state index in [1.807, 2.05) is 37.4 Å². The van der Waals surface area contributed by atoms with Crippen LogP contribution >= 0.6 is 0 Å². The minimum absolute atomic E-state index is 0.204. The van der Waals surface area contributed by atoms with E-state index in [1.54, 1.807) is 4.90 Å². The van der Waals surface area contributed by atoms with Gasteiger partial charge in [0.15, 0.2) is 5.82 Å². The zero-order valence-corrected chi connectivity index (χ0v) is 23.0. The molecule has 38 heavy (non-hydrogen) atoms. The smallest absolute Gasteiger partial charge is 0.410 e. The first kappa shape index (κ1) is 26.5. The molecule has 3 heterocycles. The van der Waals surface area contributed by atoms with Crippen LogP contribution in [0.15, 0.2) is 18.2 Å². The number of anilines is 1. The monoisotopic (exact) mass is 524 g/mol. The van der Waals surface area contributed by atoms with Crippen LogP contribution in [-0.2, 0) is 16.6 Å². The molecule has 1 aromatic heterocycles. The van der Waals surface area contributed by atoms with E-state index in [2.05, 4.69) is 33.5 Å². The first-order valence-corrected chi connectivity index (χ1v) is 13.9. The first-order chi connectivity index (χ1) is 18.1. The zero-order chi connectivity index (χ0) is 27.0. The Labute approximate surface area is 224 Å². The standard InChI is InChI=1S/C28H40N6O4/c1-28(2,3)38-27(37)33-15-13-32(14-16-33)18-19-5-7-20(8-6-19)21-9-10-22-23(17-21)31(4)30-25(22)34-12-11-24(35)29-26(34)36/h9-10,17,19-20H,5-8,11-16,18H2,1-4H3,(H,29,35,36). The van der Waals surface area contributed by atoms with Crippen molar-refractivity contribution in [2.45, 2.75) is 64.4 Å². The summed E-state index contributed by atoms with van der Waals surface area (Å²) < 4.78 is 7.36. The summed E-state index contributed by atoms with van der Waals surface area (Å²) in [5.41, 5.74) is 1.88. The van der Waals surface area contributed by atoms with Crippen molar-refractivity contribution in [1.29, 1.82) is 0 Å². The Hall–Kier alpha value is -3.14. The number of nitrogens with one attached hydrogen (secondary N) is 1. The van der Waals surface area contributed by atoms with Gasteiger partial charge in [0, 0.05) is 58.1 Å². The molecule has 3 aliphatic rings. The number of piperazine rings is 1. The minimum atomic E-state index is -0.456. The van der Waals surface area contributed by atoms with Gasteiger partial charge in [0.2, 0.25) is 5.91 Å². The van der Waals surface area contributed by atoms with E-state index in [9.17, 15) is 14.4 Å². The molecule has 5 rings (SSSR count). The van der Waals surface area contributed by atoms with E-state index in [4.69, 9.17) is 4.74 Å². The molecule has 1 saturated carbocycles. The van der Waals surface area contributed by atoms with E-state index in [1.165, 1.54) is 18.4 Å². The molecule has 2 aromatic rings. The van der Waals surface area contributed by atoms with Crippen LogP contribution in [0.3, 0.4) is 0 Å². The summed E-state index contributed by atoms with van der Waals surface area (Å²) in [5.74, 6) is 1.57.